The van der Waals surface area contributed by atoms with E-state index in [2.05, 4.69) is 14.2 Å². The number of rotatable bonds is 8. The standard InChI is InChI=1S/C11H8F14O3/c12-1-6(14,8(16,17)18)27-10(22,23)5(3-26-4-5)11(24,25)28-7(15,2-13)9(19,20)21/h1-4H2. The van der Waals surface area contributed by atoms with E-state index in [1.165, 1.54) is 0 Å². The van der Waals surface area contributed by atoms with Crippen LogP contribution in [0.1, 0.15) is 0 Å². The first kappa shape index (κ1) is 24.9. The number of ether oxygens (including phenoxy) is 3. The van der Waals surface area contributed by atoms with Crippen LogP contribution < -0.4 is 0 Å². The van der Waals surface area contributed by atoms with E-state index in [1.54, 1.807) is 0 Å². The molecule has 0 radical (unpaired) electrons. The molecule has 1 aliphatic heterocycles. The molecule has 0 amide bonds. The van der Waals surface area contributed by atoms with Crippen LogP contribution in [0.15, 0.2) is 0 Å². The Bertz CT molecular complexity index is 512. The molecule has 0 aliphatic carbocycles. The zero-order valence-electron chi connectivity index (χ0n) is 12.8. The van der Waals surface area contributed by atoms with Crippen molar-refractivity contribution >= 4 is 0 Å². The number of hydrogen-bond donors (Lipinski definition) is 0. The van der Waals surface area contributed by atoms with Crippen molar-refractivity contribution in [3.8, 4) is 0 Å². The summed E-state index contributed by atoms with van der Waals surface area (Å²) in [7, 11) is 0. The Labute approximate surface area is 145 Å². The topological polar surface area (TPSA) is 27.7 Å². The number of hydrogen-bond acceptors (Lipinski definition) is 3. The first-order chi connectivity index (χ1) is 12.2. The molecule has 0 aromatic carbocycles. The zero-order chi connectivity index (χ0) is 22.4. The van der Waals surface area contributed by atoms with Gasteiger partial charge in [0.25, 0.3) is 0 Å². The Balaban J connectivity index is 3.34. The second kappa shape index (κ2) is 7.00. The van der Waals surface area contributed by atoms with E-state index in [9.17, 15) is 61.5 Å². The van der Waals surface area contributed by atoms with Crippen LogP contribution in [0.4, 0.5) is 61.5 Å². The van der Waals surface area contributed by atoms with Gasteiger partial charge in [-0.25, -0.2) is 8.78 Å². The fourth-order valence-electron chi connectivity index (χ4n) is 1.74. The van der Waals surface area contributed by atoms with E-state index in [0.29, 0.717) is 0 Å². The number of halogens is 14. The fraction of sp³-hybridized carbons (Fsp3) is 1.00. The first-order valence-corrected chi connectivity index (χ1v) is 6.61. The molecule has 1 aliphatic rings. The van der Waals surface area contributed by atoms with E-state index in [0.717, 1.165) is 0 Å². The molecule has 2 unspecified atom stereocenters. The highest BCUT2D eigenvalue weighted by atomic mass is 19.4. The van der Waals surface area contributed by atoms with Gasteiger partial charge in [-0.15, -0.1) is 0 Å². The molecule has 1 fully saturated rings. The van der Waals surface area contributed by atoms with Crippen LogP contribution in [0, 0.1) is 5.41 Å². The summed E-state index contributed by atoms with van der Waals surface area (Å²) < 4.78 is 190. The Kier molecular flexibility index (Phi) is 6.23. The largest absolute Gasteiger partial charge is 0.451 e. The van der Waals surface area contributed by atoms with Crippen LogP contribution in [-0.4, -0.2) is 62.8 Å². The summed E-state index contributed by atoms with van der Waals surface area (Å²) in [5.74, 6) is -11.7. The van der Waals surface area contributed by atoms with E-state index in [4.69, 9.17) is 0 Å². The molecule has 0 N–H and O–H groups in total. The minimum Gasteiger partial charge on any atom is -0.379 e. The molecular formula is C11H8F14O3. The third-order valence-corrected chi connectivity index (χ3v) is 3.58. The van der Waals surface area contributed by atoms with Crippen LogP contribution in [0.5, 0.6) is 0 Å². The summed E-state index contributed by atoms with van der Waals surface area (Å²) in [6.07, 6.45) is -25.3. The van der Waals surface area contributed by atoms with E-state index >= 15 is 0 Å². The Morgan fingerprint density at radius 1 is 0.607 bits per heavy atom. The molecule has 1 saturated heterocycles. The lowest BCUT2D eigenvalue weighted by molar-refractivity contribution is -0.526. The van der Waals surface area contributed by atoms with Gasteiger partial charge in [0.15, 0.2) is 18.8 Å². The van der Waals surface area contributed by atoms with Crippen LogP contribution in [0.25, 0.3) is 0 Å². The lowest BCUT2D eigenvalue weighted by Crippen LogP contribution is -2.71. The van der Waals surface area contributed by atoms with Crippen LogP contribution >= 0.6 is 0 Å². The van der Waals surface area contributed by atoms with E-state index < -0.39 is 68.3 Å². The maximum absolute atomic E-state index is 13.9. The van der Waals surface area contributed by atoms with E-state index in [1.807, 2.05) is 0 Å². The van der Waals surface area contributed by atoms with Gasteiger partial charge in [0.1, 0.15) is 0 Å². The molecule has 0 aromatic rings. The second-order valence-electron chi connectivity index (χ2n) is 5.53. The Morgan fingerprint density at radius 2 is 0.893 bits per heavy atom. The van der Waals surface area contributed by atoms with E-state index in [-0.39, 0.29) is 0 Å². The highest BCUT2D eigenvalue weighted by Gasteiger charge is 2.80. The quantitative estimate of drug-likeness (QED) is 0.502. The van der Waals surface area contributed by atoms with Crippen molar-refractivity contribution < 1.29 is 75.7 Å². The summed E-state index contributed by atoms with van der Waals surface area (Å²) >= 11 is 0. The normalized spacial score (nSPS) is 22.9. The van der Waals surface area contributed by atoms with Gasteiger partial charge in [-0.1, -0.05) is 0 Å². The molecule has 17 heteroatoms. The maximum atomic E-state index is 13.9. The van der Waals surface area contributed by atoms with Gasteiger partial charge in [0, 0.05) is 0 Å². The summed E-state index contributed by atoms with van der Waals surface area (Å²) in [5, 5.41) is 0. The lowest BCUT2D eigenvalue weighted by atomic mass is 9.82. The van der Waals surface area contributed by atoms with Crippen molar-refractivity contribution in [2.45, 2.75) is 36.3 Å². The summed E-state index contributed by atoms with van der Waals surface area (Å²) in [6, 6.07) is 0. The van der Waals surface area contributed by atoms with Gasteiger partial charge >= 0.3 is 36.3 Å². The van der Waals surface area contributed by atoms with Gasteiger partial charge in [-0.3, -0.25) is 9.47 Å². The zero-order valence-corrected chi connectivity index (χ0v) is 12.8. The molecule has 1 heterocycles. The van der Waals surface area contributed by atoms with Crippen molar-refractivity contribution in [2.24, 2.45) is 5.41 Å². The molecule has 0 saturated carbocycles. The van der Waals surface area contributed by atoms with Crippen molar-refractivity contribution in [1.82, 2.24) is 0 Å². The van der Waals surface area contributed by atoms with Gasteiger partial charge < -0.3 is 4.74 Å². The summed E-state index contributed by atoms with van der Waals surface area (Å²) in [5.41, 5.74) is -4.69. The number of alkyl halides is 14. The smallest absolute Gasteiger partial charge is 0.379 e. The minimum atomic E-state index is -6.54. The monoisotopic (exact) mass is 454 g/mol. The Morgan fingerprint density at radius 3 is 1.04 bits per heavy atom. The van der Waals surface area contributed by atoms with Crippen molar-refractivity contribution in [2.75, 3.05) is 26.6 Å². The Hall–Kier alpha value is -1.10. The lowest BCUT2D eigenvalue weighted by Gasteiger charge is -2.50. The highest BCUT2D eigenvalue weighted by Crippen LogP contribution is 2.58. The molecule has 0 spiro atoms. The summed E-state index contributed by atoms with van der Waals surface area (Å²) in [4.78, 5) is 0. The highest BCUT2D eigenvalue weighted by molar-refractivity contribution is 5.02. The van der Waals surface area contributed by atoms with Gasteiger partial charge in [0.2, 0.25) is 0 Å². The molecule has 1 rings (SSSR count). The van der Waals surface area contributed by atoms with Gasteiger partial charge in [0.05, 0.1) is 13.2 Å². The van der Waals surface area contributed by atoms with Gasteiger partial charge in [-0.2, -0.15) is 52.7 Å². The fourth-order valence-corrected chi connectivity index (χ4v) is 1.74. The molecule has 2 atom stereocenters. The van der Waals surface area contributed by atoms with Crippen LogP contribution in [-0.2, 0) is 14.2 Å². The molecular weight excluding hydrogens is 446 g/mol. The SMILES string of the molecule is FCC(F)(OC(F)(F)C1(C(F)(F)OC(F)(CF)C(F)(F)F)COC1)C(F)(F)F. The molecule has 0 aromatic heterocycles. The third kappa shape index (κ3) is 3.83. The third-order valence-electron chi connectivity index (χ3n) is 3.58. The van der Waals surface area contributed by atoms with Crippen LogP contribution in [0.3, 0.4) is 0 Å². The molecule has 0 bridgehead atoms. The predicted octanol–water partition coefficient (Wildman–Crippen LogP) is 4.62. The molecule has 28 heavy (non-hydrogen) atoms. The first-order valence-electron chi connectivity index (χ1n) is 6.61. The van der Waals surface area contributed by atoms with Gasteiger partial charge in [-0.05, 0) is 0 Å². The van der Waals surface area contributed by atoms with Crippen molar-refractivity contribution in [3.05, 3.63) is 0 Å². The average molecular weight is 454 g/mol. The second-order valence-corrected chi connectivity index (χ2v) is 5.53. The van der Waals surface area contributed by atoms with Crippen LogP contribution in [0.2, 0.25) is 0 Å². The molecule has 3 nitrogen and oxygen atoms in total. The molecule has 168 valence electrons. The summed E-state index contributed by atoms with van der Waals surface area (Å²) in [6.45, 7) is -11.0. The minimum absolute atomic E-state index is 2.15. The maximum Gasteiger partial charge on any atom is 0.451 e. The predicted molar refractivity (Wildman–Crippen MR) is 57.1 cm³/mol. The van der Waals surface area contributed by atoms with Crippen molar-refractivity contribution in [1.29, 1.82) is 0 Å². The van der Waals surface area contributed by atoms with Crippen molar-refractivity contribution in [3.63, 3.8) is 0 Å². The average Bonchev–Trinajstić information content (AvgIpc) is 2.41.